The van der Waals surface area contributed by atoms with Crippen LogP contribution in [0.4, 0.5) is 0 Å². The number of benzene rings is 2. The Hall–Kier alpha value is -1.62. The summed E-state index contributed by atoms with van der Waals surface area (Å²) < 4.78 is 5.64. The molecule has 3 N–H and O–H groups in total. The van der Waals surface area contributed by atoms with Crippen molar-refractivity contribution in [3.8, 4) is 11.5 Å². The van der Waals surface area contributed by atoms with E-state index < -0.39 is 0 Å². The van der Waals surface area contributed by atoms with Gasteiger partial charge in [0.05, 0.1) is 11.6 Å². The summed E-state index contributed by atoms with van der Waals surface area (Å²) in [6.45, 7) is 0.00868. The van der Waals surface area contributed by atoms with Crippen molar-refractivity contribution in [1.82, 2.24) is 0 Å². The van der Waals surface area contributed by atoms with Crippen LogP contribution in [0.2, 0.25) is 5.02 Å². The standard InChI is InChI=1S/C14H12ClNO2S/c15-13-7-11(5-6-12(13)14(16)19)18-10-3-1-9(8-17)2-4-10/h1-7,17H,8H2,(H2,16,19). The predicted octanol–water partition coefficient (Wildman–Crippen LogP) is 3.26. The summed E-state index contributed by atoms with van der Waals surface area (Å²) in [5.41, 5.74) is 6.98. The van der Waals surface area contributed by atoms with Gasteiger partial charge in [0.1, 0.15) is 16.5 Å². The number of rotatable bonds is 4. The third kappa shape index (κ3) is 3.44. The molecule has 0 aromatic heterocycles. The van der Waals surface area contributed by atoms with Crippen LogP contribution in [0.5, 0.6) is 11.5 Å². The molecule has 0 saturated carbocycles. The van der Waals surface area contributed by atoms with Crippen LogP contribution in [0, 0.1) is 0 Å². The van der Waals surface area contributed by atoms with Crippen molar-refractivity contribution in [3.05, 3.63) is 58.6 Å². The summed E-state index contributed by atoms with van der Waals surface area (Å²) in [5.74, 6) is 1.26. The molecule has 0 amide bonds. The Labute approximate surface area is 121 Å². The molecular weight excluding hydrogens is 282 g/mol. The number of aliphatic hydroxyl groups is 1. The monoisotopic (exact) mass is 293 g/mol. The first-order chi connectivity index (χ1) is 9.10. The molecule has 98 valence electrons. The lowest BCUT2D eigenvalue weighted by Crippen LogP contribution is -2.09. The average Bonchev–Trinajstić information content (AvgIpc) is 2.39. The van der Waals surface area contributed by atoms with Crippen molar-refractivity contribution in [2.75, 3.05) is 0 Å². The minimum absolute atomic E-state index is 0.00868. The molecule has 0 saturated heterocycles. The highest BCUT2D eigenvalue weighted by Gasteiger charge is 2.05. The molecule has 0 bridgehead atoms. The lowest BCUT2D eigenvalue weighted by Gasteiger charge is -2.08. The number of hydrogen-bond donors (Lipinski definition) is 2. The molecule has 2 aromatic carbocycles. The van der Waals surface area contributed by atoms with Crippen LogP contribution in [-0.4, -0.2) is 10.1 Å². The van der Waals surface area contributed by atoms with E-state index in [1.54, 1.807) is 42.5 Å². The van der Waals surface area contributed by atoms with Gasteiger partial charge in [-0.15, -0.1) is 0 Å². The molecule has 19 heavy (non-hydrogen) atoms. The SMILES string of the molecule is NC(=S)c1ccc(Oc2ccc(CO)cc2)cc1Cl. The van der Waals surface area contributed by atoms with Gasteiger partial charge in [0.15, 0.2) is 0 Å². The van der Waals surface area contributed by atoms with Crippen LogP contribution in [0.1, 0.15) is 11.1 Å². The summed E-state index contributed by atoms with van der Waals surface area (Å²) in [7, 11) is 0. The molecule has 0 spiro atoms. The second kappa shape index (κ2) is 6.02. The Bertz CT molecular complexity index is 599. The van der Waals surface area contributed by atoms with Gasteiger partial charge in [-0.2, -0.15) is 0 Å². The van der Waals surface area contributed by atoms with E-state index in [0.717, 1.165) is 5.56 Å². The lowest BCUT2D eigenvalue weighted by atomic mass is 10.2. The molecular formula is C14H12ClNO2S. The molecule has 0 fully saturated rings. The number of ether oxygens (including phenoxy) is 1. The summed E-state index contributed by atoms with van der Waals surface area (Å²) in [4.78, 5) is 0.254. The third-order valence-corrected chi connectivity index (χ3v) is 3.08. The van der Waals surface area contributed by atoms with Gasteiger partial charge < -0.3 is 15.6 Å². The van der Waals surface area contributed by atoms with E-state index in [2.05, 4.69) is 0 Å². The van der Waals surface area contributed by atoms with E-state index in [1.807, 2.05) is 0 Å². The topological polar surface area (TPSA) is 55.5 Å². The van der Waals surface area contributed by atoms with Crippen molar-refractivity contribution < 1.29 is 9.84 Å². The zero-order chi connectivity index (χ0) is 13.8. The normalized spacial score (nSPS) is 10.2. The molecule has 0 aliphatic carbocycles. The van der Waals surface area contributed by atoms with Gasteiger partial charge in [-0.3, -0.25) is 0 Å². The van der Waals surface area contributed by atoms with Crippen molar-refractivity contribution in [2.24, 2.45) is 5.73 Å². The van der Waals surface area contributed by atoms with E-state index in [-0.39, 0.29) is 11.6 Å². The maximum Gasteiger partial charge on any atom is 0.128 e. The van der Waals surface area contributed by atoms with Crippen LogP contribution in [0.15, 0.2) is 42.5 Å². The molecule has 2 aromatic rings. The van der Waals surface area contributed by atoms with E-state index in [4.69, 9.17) is 39.4 Å². The summed E-state index contributed by atoms with van der Waals surface area (Å²) in [6.07, 6.45) is 0. The predicted molar refractivity (Wildman–Crippen MR) is 79.8 cm³/mol. The second-order valence-corrected chi connectivity index (χ2v) is 4.76. The zero-order valence-corrected chi connectivity index (χ0v) is 11.5. The highest BCUT2D eigenvalue weighted by molar-refractivity contribution is 7.80. The molecule has 0 aliphatic heterocycles. The van der Waals surface area contributed by atoms with Crippen LogP contribution < -0.4 is 10.5 Å². The van der Waals surface area contributed by atoms with Gasteiger partial charge >= 0.3 is 0 Å². The first-order valence-electron chi connectivity index (χ1n) is 5.57. The Morgan fingerprint density at radius 3 is 2.32 bits per heavy atom. The Kier molecular flexibility index (Phi) is 4.37. The number of thiocarbonyl (C=S) groups is 1. The number of nitrogens with two attached hydrogens (primary N) is 1. The number of halogens is 1. The zero-order valence-electron chi connectivity index (χ0n) is 9.97. The molecule has 0 atom stereocenters. The highest BCUT2D eigenvalue weighted by Crippen LogP contribution is 2.27. The summed E-state index contributed by atoms with van der Waals surface area (Å²) in [5, 5.41) is 9.41. The van der Waals surface area contributed by atoms with Gasteiger partial charge in [-0.25, -0.2) is 0 Å². The minimum atomic E-state index is 0.00868. The molecule has 3 nitrogen and oxygen atoms in total. The largest absolute Gasteiger partial charge is 0.457 e. The van der Waals surface area contributed by atoms with Crippen LogP contribution in [0.3, 0.4) is 0 Å². The molecule has 5 heteroatoms. The highest BCUT2D eigenvalue weighted by atomic mass is 35.5. The molecule has 0 aliphatic rings. The molecule has 0 unspecified atom stereocenters. The Balaban J connectivity index is 2.18. The second-order valence-electron chi connectivity index (χ2n) is 3.91. The van der Waals surface area contributed by atoms with Crippen molar-refractivity contribution >= 4 is 28.8 Å². The Morgan fingerprint density at radius 2 is 1.79 bits per heavy atom. The van der Waals surface area contributed by atoms with Crippen molar-refractivity contribution in [3.63, 3.8) is 0 Å². The first kappa shape index (κ1) is 13.8. The van der Waals surface area contributed by atoms with Crippen molar-refractivity contribution in [2.45, 2.75) is 6.61 Å². The molecule has 0 heterocycles. The van der Waals surface area contributed by atoms with E-state index >= 15 is 0 Å². The maximum absolute atomic E-state index is 8.95. The fraction of sp³-hybridized carbons (Fsp3) is 0.0714. The average molecular weight is 294 g/mol. The summed E-state index contributed by atoms with van der Waals surface area (Å²) in [6, 6.07) is 12.3. The van der Waals surface area contributed by atoms with Crippen LogP contribution in [-0.2, 0) is 6.61 Å². The van der Waals surface area contributed by atoms with Gasteiger partial charge in [0.2, 0.25) is 0 Å². The fourth-order valence-electron chi connectivity index (χ4n) is 1.56. The maximum atomic E-state index is 8.95. The van der Waals surface area contributed by atoms with Crippen LogP contribution in [0.25, 0.3) is 0 Å². The molecule has 0 radical (unpaired) electrons. The third-order valence-electron chi connectivity index (χ3n) is 2.55. The quantitative estimate of drug-likeness (QED) is 0.850. The van der Waals surface area contributed by atoms with Gasteiger partial charge in [0.25, 0.3) is 0 Å². The fourth-order valence-corrected chi connectivity index (χ4v) is 2.06. The minimum Gasteiger partial charge on any atom is -0.457 e. The van der Waals surface area contributed by atoms with Crippen molar-refractivity contribution in [1.29, 1.82) is 0 Å². The summed E-state index contributed by atoms with van der Waals surface area (Å²) >= 11 is 10.9. The van der Waals surface area contributed by atoms with Gasteiger partial charge in [0, 0.05) is 11.6 Å². The Morgan fingerprint density at radius 1 is 1.16 bits per heavy atom. The lowest BCUT2D eigenvalue weighted by molar-refractivity contribution is 0.281. The molecule has 2 rings (SSSR count). The van der Waals surface area contributed by atoms with Crippen LogP contribution >= 0.6 is 23.8 Å². The number of hydrogen-bond acceptors (Lipinski definition) is 3. The first-order valence-corrected chi connectivity index (χ1v) is 6.36. The smallest absolute Gasteiger partial charge is 0.128 e. The van der Waals surface area contributed by atoms with E-state index in [9.17, 15) is 0 Å². The number of aliphatic hydroxyl groups excluding tert-OH is 1. The van der Waals surface area contributed by atoms with Gasteiger partial charge in [-0.1, -0.05) is 36.0 Å². The van der Waals surface area contributed by atoms with Gasteiger partial charge in [-0.05, 0) is 29.8 Å². The van der Waals surface area contributed by atoms with E-state index in [1.165, 1.54) is 0 Å². The van der Waals surface area contributed by atoms with E-state index in [0.29, 0.717) is 22.1 Å².